The lowest BCUT2D eigenvalue weighted by molar-refractivity contribution is -0.145. The topological polar surface area (TPSA) is 75.5 Å². The van der Waals surface area contributed by atoms with E-state index in [0.717, 1.165) is 60.8 Å². The third-order valence-electron chi connectivity index (χ3n) is 7.00. The average Bonchev–Trinajstić information content (AvgIpc) is 3.14. The zero-order chi connectivity index (χ0) is 23.4. The number of hydrogen-bond acceptors (Lipinski definition) is 5. The second-order valence-electron chi connectivity index (χ2n) is 9.43. The summed E-state index contributed by atoms with van der Waals surface area (Å²) in [5.74, 6) is -0.449. The number of halogens is 3. The van der Waals surface area contributed by atoms with Crippen molar-refractivity contribution in [2.45, 2.75) is 51.8 Å². The van der Waals surface area contributed by atoms with Gasteiger partial charge < -0.3 is 9.64 Å². The summed E-state index contributed by atoms with van der Waals surface area (Å²) in [4.78, 5) is 17.6. The van der Waals surface area contributed by atoms with Crippen LogP contribution in [-0.2, 0) is 12.6 Å². The normalized spacial score (nSPS) is 18.5. The summed E-state index contributed by atoms with van der Waals surface area (Å²) < 4.78 is 47.0. The predicted octanol–water partition coefficient (Wildman–Crippen LogP) is 3.53. The molecule has 0 aromatic carbocycles. The van der Waals surface area contributed by atoms with Crippen LogP contribution in [0.4, 0.5) is 13.2 Å². The molecule has 1 saturated carbocycles. The molecule has 0 radical (unpaired) electrons. The number of rotatable bonds is 6. The molecule has 0 atom stereocenters. The molecule has 2 fully saturated rings. The minimum atomic E-state index is -4.52. The molecule has 7 nitrogen and oxygen atoms in total. The fourth-order valence-electron chi connectivity index (χ4n) is 5.28. The highest BCUT2D eigenvalue weighted by Crippen LogP contribution is 2.50. The van der Waals surface area contributed by atoms with Crippen LogP contribution in [-0.4, -0.2) is 50.2 Å². The van der Waals surface area contributed by atoms with Gasteiger partial charge in [0, 0.05) is 24.1 Å². The number of pyridine rings is 1. The third kappa shape index (κ3) is 4.01. The van der Waals surface area contributed by atoms with Crippen LogP contribution in [0.15, 0.2) is 29.3 Å². The smallest absolute Gasteiger partial charge is 0.450 e. The summed E-state index contributed by atoms with van der Waals surface area (Å²) in [6.45, 7) is 6.44. The fourth-order valence-corrected chi connectivity index (χ4v) is 5.28. The van der Waals surface area contributed by atoms with Crippen LogP contribution in [0.2, 0.25) is 0 Å². The lowest BCUT2D eigenvalue weighted by Gasteiger charge is -2.58. The zero-order valence-electron chi connectivity index (χ0n) is 18.6. The van der Waals surface area contributed by atoms with Crippen LogP contribution in [0.25, 0.3) is 5.52 Å². The largest absolute Gasteiger partial charge is 0.489 e. The van der Waals surface area contributed by atoms with Gasteiger partial charge in [-0.05, 0) is 63.8 Å². The van der Waals surface area contributed by atoms with E-state index >= 15 is 0 Å². The highest BCUT2D eigenvalue weighted by molar-refractivity contribution is 5.51. The summed E-state index contributed by atoms with van der Waals surface area (Å²) in [5, 5.41) is 6.32. The number of aromatic amines is 1. The Hall–Kier alpha value is -2.88. The first-order chi connectivity index (χ1) is 15.7. The molecule has 1 spiro atoms. The van der Waals surface area contributed by atoms with Crippen molar-refractivity contribution in [3.63, 3.8) is 0 Å². The molecule has 10 heteroatoms. The van der Waals surface area contributed by atoms with Gasteiger partial charge in [-0.15, -0.1) is 0 Å². The minimum Gasteiger partial charge on any atom is -0.489 e. The molecule has 33 heavy (non-hydrogen) atoms. The van der Waals surface area contributed by atoms with Crippen molar-refractivity contribution in [1.82, 2.24) is 24.5 Å². The van der Waals surface area contributed by atoms with Crippen molar-refractivity contribution in [3.05, 3.63) is 57.5 Å². The van der Waals surface area contributed by atoms with Crippen LogP contribution in [0, 0.1) is 19.3 Å². The van der Waals surface area contributed by atoms with Gasteiger partial charge in [0.2, 0.25) is 5.82 Å². The van der Waals surface area contributed by atoms with Crippen LogP contribution in [0.1, 0.15) is 41.9 Å². The molecule has 0 amide bonds. The first kappa shape index (κ1) is 21.9. The zero-order valence-corrected chi connectivity index (χ0v) is 18.6. The van der Waals surface area contributed by atoms with E-state index in [0.29, 0.717) is 17.0 Å². The average molecular weight is 461 g/mol. The summed E-state index contributed by atoms with van der Waals surface area (Å²) >= 11 is 0. The number of fused-ring (bicyclic) bond motifs is 1. The van der Waals surface area contributed by atoms with Crippen LogP contribution in [0.5, 0.6) is 5.75 Å². The number of alkyl halides is 3. The fraction of sp³-hybridized carbons (Fsp3) is 0.522. The van der Waals surface area contributed by atoms with Crippen LogP contribution < -0.4 is 10.3 Å². The highest BCUT2D eigenvalue weighted by Gasteiger charge is 2.53. The summed E-state index contributed by atoms with van der Waals surface area (Å²) in [5.41, 5.74) is 2.67. The van der Waals surface area contributed by atoms with Gasteiger partial charge in [0.15, 0.2) is 0 Å². The molecule has 1 aliphatic heterocycles. The Balaban J connectivity index is 1.12. The Bertz CT molecular complexity index is 1240. The number of nitrogens with one attached hydrogen (secondary N) is 1. The van der Waals surface area contributed by atoms with Gasteiger partial charge in [-0.1, -0.05) is 0 Å². The lowest BCUT2D eigenvalue weighted by atomic mass is 9.61. The van der Waals surface area contributed by atoms with Gasteiger partial charge >= 0.3 is 6.18 Å². The molecule has 2 aliphatic rings. The third-order valence-corrected chi connectivity index (χ3v) is 7.00. The number of aromatic nitrogens is 4. The molecule has 0 unspecified atom stereocenters. The first-order valence-corrected chi connectivity index (χ1v) is 11.1. The number of H-pyrrole nitrogens is 1. The second-order valence-corrected chi connectivity index (χ2v) is 9.43. The molecule has 3 aromatic rings. The van der Waals surface area contributed by atoms with E-state index in [4.69, 9.17) is 4.74 Å². The summed E-state index contributed by atoms with van der Waals surface area (Å²) in [6.07, 6.45) is 2.07. The quantitative estimate of drug-likeness (QED) is 0.608. The van der Waals surface area contributed by atoms with E-state index in [1.165, 1.54) is 6.20 Å². The van der Waals surface area contributed by atoms with Crippen molar-refractivity contribution in [1.29, 1.82) is 0 Å². The van der Waals surface area contributed by atoms with Crippen molar-refractivity contribution in [2.24, 2.45) is 5.41 Å². The van der Waals surface area contributed by atoms with E-state index in [1.807, 2.05) is 6.92 Å². The van der Waals surface area contributed by atoms with Crippen molar-refractivity contribution in [2.75, 3.05) is 19.6 Å². The molecule has 5 rings (SSSR count). The van der Waals surface area contributed by atoms with E-state index in [-0.39, 0.29) is 17.1 Å². The molecule has 4 heterocycles. The van der Waals surface area contributed by atoms with Gasteiger partial charge in [-0.25, -0.2) is 10.1 Å². The Morgan fingerprint density at radius 2 is 1.97 bits per heavy atom. The maximum Gasteiger partial charge on any atom is 0.450 e. The SMILES string of the molecule is Cc1c(CCCN2CC3(CC(Oc4ccc5cnc(C(F)(F)F)n5c4C)C3)C2)cn[nH]c1=O. The standard InChI is InChI=1S/C23H26F3N5O2/c1-14-16(10-28-29-20(14)32)4-3-7-30-12-22(13-30)8-18(9-22)33-19-6-5-17-11-27-21(23(24,25)26)31(17)15(19)2/h5-6,10-11,18H,3-4,7-9,12-13H2,1-2H3,(H,29,32). The van der Waals surface area contributed by atoms with Crippen LogP contribution in [0.3, 0.4) is 0 Å². The van der Waals surface area contributed by atoms with Gasteiger partial charge in [0.05, 0.1) is 23.6 Å². The van der Waals surface area contributed by atoms with E-state index in [2.05, 4.69) is 20.1 Å². The van der Waals surface area contributed by atoms with Gasteiger partial charge in [-0.3, -0.25) is 9.20 Å². The van der Waals surface area contributed by atoms with Gasteiger partial charge in [0.25, 0.3) is 5.56 Å². The number of imidazole rings is 1. The number of likely N-dealkylation sites (tertiary alicyclic amines) is 1. The highest BCUT2D eigenvalue weighted by atomic mass is 19.4. The molecular weight excluding hydrogens is 435 g/mol. The monoisotopic (exact) mass is 461 g/mol. The number of hydrogen-bond donors (Lipinski definition) is 1. The minimum absolute atomic E-state index is 0.0194. The number of nitrogens with zero attached hydrogens (tertiary/aromatic N) is 4. The Kier molecular flexibility index (Phi) is 5.23. The maximum absolute atomic E-state index is 13.3. The van der Waals surface area contributed by atoms with Gasteiger partial charge in [-0.2, -0.15) is 18.3 Å². The molecule has 1 aliphatic carbocycles. The van der Waals surface area contributed by atoms with Crippen LogP contribution >= 0.6 is 0 Å². The molecule has 3 aromatic heterocycles. The molecular formula is C23H26F3N5O2. The Morgan fingerprint density at radius 3 is 2.70 bits per heavy atom. The summed E-state index contributed by atoms with van der Waals surface area (Å²) in [6, 6.07) is 3.35. The van der Waals surface area contributed by atoms with E-state index < -0.39 is 12.0 Å². The lowest BCUT2D eigenvalue weighted by Crippen LogP contribution is -2.64. The second kappa shape index (κ2) is 7.86. The van der Waals surface area contributed by atoms with Crippen molar-refractivity contribution < 1.29 is 17.9 Å². The molecule has 1 N–H and O–H groups in total. The first-order valence-electron chi connectivity index (χ1n) is 11.1. The summed E-state index contributed by atoms with van der Waals surface area (Å²) in [7, 11) is 0. The molecule has 1 saturated heterocycles. The molecule has 176 valence electrons. The Labute approximate surface area is 188 Å². The van der Waals surface area contributed by atoms with Crippen molar-refractivity contribution in [3.8, 4) is 5.75 Å². The number of aryl methyl sites for hydroxylation is 2. The van der Waals surface area contributed by atoms with E-state index in [1.54, 1.807) is 25.3 Å². The number of ether oxygens (including phenoxy) is 1. The van der Waals surface area contributed by atoms with E-state index in [9.17, 15) is 18.0 Å². The maximum atomic E-state index is 13.3. The predicted molar refractivity (Wildman–Crippen MR) is 115 cm³/mol. The van der Waals surface area contributed by atoms with Crippen molar-refractivity contribution >= 4 is 5.52 Å². The Morgan fingerprint density at radius 1 is 1.21 bits per heavy atom. The molecule has 0 bridgehead atoms. The van der Waals surface area contributed by atoms with Gasteiger partial charge in [0.1, 0.15) is 11.9 Å².